The van der Waals surface area contributed by atoms with E-state index >= 15 is 0 Å². The summed E-state index contributed by atoms with van der Waals surface area (Å²) in [6, 6.07) is 0.984. The fraction of sp³-hybridized carbons (Fsp3) is 0.300. The van der Waals surface area contributed by atoms with Crippen LogP contribution in [0.5, 0.6) is 0 Å². The molecule has 0 radical (unpaired) electrons. The van der Waals surface area contributed by atoms with E-state index in [2.05, 4.69) is 0 Å². The Morgan fingerprint density at radius 2 is 2.17 bits per heavy atom. The molecule has 1 rings (SSSR count). The summed E-state index contributed by atoms with van der Waals surface area (Å²) >= 11 is 5.43. The highest BCUT2D eigenvalue weighted by atomic mass is 35.5. The van der Waals surface area contributed by atoms with Gasteiger partial charge in [0.25, 0.3) is 5.69 Å². The fourth-order valence-electron chi connectivity index (χ4n) is 1.14. The second-order valence-corrected chi connectivity index (χ2v) is 3.89. The molecule has 0 saturated carbocycles. The fourth-order valence-corrected chi connectivity index (χ4v) is 1.28. The highest BCUT2D eigenvalue weighted by molar-refractivity contribution is 6.19. The van der Waals surface area contributed by atoms with Crippen molar-refractivity contribution < 1.29 is 18.5 Å². The van der Waals surface area contributed by atoms with Crippen LogP contribution in [0.25, 0.3) is 0 Å². The number of nitro benzene ring substituents is 1. The monoisotopic (exact) mass is 278 g/mol. The number of anilines is 1. The molecule has 0 aliphatic carbocycles. The van der Waals surface area contributed by atoms with E-state index in [0.717, 1.165) is 0 Å². The van der Waals surface area contributed by atoms with Gasteiger partial charge in [0.2, 0.25) is 5.91 Å². The van der Waals surface area contributed by atoms with Crippen LogP contribution >= 0.6 is 11.6 Å². The molecule has 0 spiro atoms. The predicted octanol–water partition coefficient (Wildman–Crippen LogP) is 2.69. The van der Waals surface area contributed by atoms with Gasteiger partial charge in [-0.3, -0.25) is 14.9 Å². The topological polar surface area (TPSA) is 72.2 Å². The number of hydrogen-bond acceptors (Lipinski definition) is 3. The van der Waals surface area contributed by atoms with Crippen molar-refractivity contribution in [3.63, 3.8) is 0 Å². The first-order valence-corrected chi connectivity index (χ1v) is 5.40. The lowest BCUT2D eigenvalue weighted by molar-refractivity contribution is -0.384. The minimum Gasteiger partial charge on any atom is -0.318 e. The molecule has 0 aliphatic heterocycles. The third-order valence-electron chi connectivity index (χ3n) is 2.16. The van der Waals surface area contributed by atoms with Gasteiger partial charge in [-0.2, -0.15) is 0 Å². The number of nitrogens with one attached hydrogen (secondary N) is 1. The van der Waals surface area contributed by atoms with Crippen molar-refractivity contribution in [2.45, 2.75) is 6.92 Å². The number of hydrogen-bond donors (Lipinski definition) is 1. The van der Waals surface area contributed by atoms with E-state index in [-0.39, 0.29) is 5.88 Å². The van der Waals surface area contributed by atoms with Gasteiger partial charge >= 0.3 is 0 Å². The number of nitrogens with zero attached hydrogens (tertiary/aromatic N) is 1. The number of rotatable bonds is 4. The largest absolute Gasteiger partial charge is 0.318 e. The van der Waals surface area contributed by atoms with Crippen molar-refractivity contribution in [3.05, 3.63) is 33.9 Å². The normalized spacial score (nSPS) is 12.0. The Hall–Kier alpha value is -1.76. The van der Waals surface area contributed by atoms with Crippen molar-refractivity contribution >= 4 is 28.9 Å². The summed E-state index contributed by atoms with van der Waals surface area (Å²) in [5.41, 5.74) is -1.51. The lowest BCUT2D eigenvalue weighted by Crippen LogP contribution is -2.22. The van der Waals surface area contributed by atoms with Gasteiger partial charge in [-0.15, -0.1) is 11.6 Å². The first-order chi connectivity index (χ1) is 8.36. The molecule has 0 heterocycles. The van der Waals surface area contributed by atoms with Crippen LogP contribution in [-0.2, 0) is 4.79 Å². The van der Waals surface area contributed by atoms with Gasteiger partial charge in [0.1, 0.15) is 5.82 Å². The average molecular weight is 279 g/mol. The van der Waals surface area contributed by atoms with Crippen molar-refractivity contribution in [1.82, 2.24) is 0 Å². The minimum absolute atomic E-state index is 0.0254. The highest BCUT2D eigenvalue weighted by Crippen LogP contribution is 2.29. The maximum Gasteiger partial charge on any atom is 0.298 e. The van der Waals surface area contributed by atoms with E-state index in [1.54, 1.807) is 0 Å². The number of nitro groups is 1. The van der Waals surface area contributed by atoms with Gasteiger partial charge in [-0.25, -0.2) is 8.78 Å². The first kappa shape index (κ1) is 14.3. The Morgan fingerprint density at radius 1 is 1.56 bits per heavy atom. The standard InChI is InChI=1S/C10H9ClF2N2O3/c1-5(4-11)10(16)14-9-7(13)2-6(12)3-8(9)15(17)18/h2-3,5H,4H2,1H3,(H,14,16). The Balaban J connectivity index is 3.15. The molecule has 0 aliphatic rings. The smallest absolute Gasteiger partial charge is 0.298 e. The Kier molecular flexibility index (Phi) is 4.55. The zero-order valence-electron chi connectivity index (χ0n) is 9.25. The molecule has 1 aromatic rings. The van der Waals surface area contributed by atoms with Gasteiger partial charge in [-0.1, -0.05) is 6.92 Å². The van der Waals surface area contributed by atoms with Crippen LogP contribution in [0.3, 0.4) is 0 Å². The van der Waals surface area contributed by atoms with Crippen molar-refractivity contribution in [2.24, 2.45) is 5.92 Å². The van der Waals surface area contributed by atoms with Gasteiger partial charge < -0.3 is 5.32 Å². The molecule has 0 saturated heterocycles. The summed E-state index contributed by atoms with van der Waals surface area (Å²) < 4.78 is 26.3. The minimum atomic E-state index is -1.21. The molecule has 1 N–H and O–H groups in total. The van der Waals surface area contributed by atoms with Crippen LogP contribution in [0.1, 0.15) is 6.92 Å². The summed E-state index contributed by atoms with van der Waals surface area (Å²) in [4.78, 5) is 21.1. The lowest BCUT2D eigenvalue weighted by Gasteiger charge is -2.10. The zero-order chi connectivity index (χ0) is 13.9. The number of carbonyl (C=O) groups excluding carboxylic acids is 1. The molecule has 1 unspecified atom stereocenters. The lowest BCUT2D eigenvalue weighted by atomic mass is 10.2. The summed E-state index contributed by atoms with van der Waals surface area (Å²) in [6.45, 7) is 1.47. The molecule has 0 fully saturated rings. The third-order valence-corrected chi connectivity index (χ3v) is 2.62. The van der Waals surface area contributed by atoms with Crippen LogP contribution in [0.2, 0.25) is 0 Å². The second-order valence-electron chi connectivity index (χ2n) is 3.58. The molecule has 5 nitrogen and oxygen atoms in total. The van der Waals surface area contributed by atoms with E-state index < -0.39 is 39.8 Å². The second kappa shape index (κ2) is 5.72. The number of halogens is 3. The van der Waals surface area contributed by atoms with Gasteiger partial charge in [0.05, 0.1) is 11.0 Å². The summed E-state index contributed by atoms with van der Waals surface area (Å²) in [5.74, 6) is -3.67. The molecule has 0 bridgehead atoms. The van der Waals surface area contributed by atoms with Crippen LogP contribution < -0.4 is 5.32 Å². The summed E-state index contributed by atoms with van der Waals surface area (Å²) in [5, 5.41) is 12.7. The molecule has 0 aromatic heterocycles. The molecule has 1 amide bonds. The summed E-state index contributed by atoms with van der Waals surface area (Å²) in [7, 11) is 0. The Morgan fingerprint density at radius 3 is 2.67 bits per heavy atom. The third kappa shape index (κ3) is 3.13. The molecule has 1 aromatic carbocycles. The van der Waals surface area contributed by atoms with Crippen LogP contribution in [0, 0.1) is 27.7 Å². The number of amides is 1. The molecule has 1 atom stereocenters. The van der Waals surface area contributed by atoms with Crippen LogP contribution in [0.15, 0.2) is 12.1 Å². The van der Waals surface area contributed by atoms with E-state index in [4.69, 9.17) is 11.6 Å². The van der Waals surface area contributed by atoms with Crippen LogP contribution in [0.4, 0.5) is 20.2 Å². The molecule has 18 heavy (non-hydrogen) atoms. The predicted molar refractivity (Wildman–Crippen MR) is 61.5 cm³/mol. The molecular formula is C10H9ClF2N2O3. The quantitative estimate of drug-likeness (QED) is 0.523. The Labute approximate surface area is 106 Å². The maximum absolute atomic E-state index is 13.4. The summed E-state index contributed by atoms with van der Waals surface area (Å²) in [6.07, 6.45) is 0. The highest BCUT2D eigenvalue weighted by Gasteiger charge is 2.23. The van der Waals surface area contributed by atoms with E-state index in [0.29, 0.717) is 12.1 Å². The SMILES string of the molecule is CC(CCl)C(=O)Nc1c(F)cc(F)cc1[N+](=O)[O-]. The average Bonchev–Trinajstić information content (AvgIpc) is 2.30. The Bertz CT molecular complexity index is 496. The zero-order valence-corrected chi connectivity index (χ0v) is 10.0. The molecule has 98 valence electrons. The van der Waals surface area contributed by atoms with E-state index in [1.165, 1.54) is 6.92 Å². The molecule has 8 heteroatoms. The van der Waals surface area contributed by atoms with Crippen molar-refractivity contribution in [1.29, 1.82) is 0 Å². The number of benzene rings is 1. The molecular weight excluding hydrogens is 270 g/mol. The van der Waals surface area contributed by atoms with E-state index in [9.17, 15) is 23.7 Å². The maximum atomic E-state index is 13.4. The first-order valence-electron chi connectivity index (χ1n) is 4.87. The van der Waals surface area contributed by atoms with E-state index in [1.807, 2.05) is 5.32 Å². The number of alkyl halides is 1. The van der Waals surface area contributed by atoms with Crippen molar-refractivity contribution in [3.8, 4) is 0 Å². The van der Waals surface area contributed by atoms with Gasteiger partial charge in [0, 0.05) is 17.9 Å². The van der Waals surface area contributed by atoms with Crippen LogP contribution in [-0.4, -0.2) is 16.7 Å². The number of carbonyl (C=O) groups is 1. The van der Waals surface area contributed by atoms with Gasteiger partial charge in [-0.05, 0) is 0 Å². The van der Waals surface area contributed by atoms with Gasteiger partial charge in [0.15, 0.2) is 11.5 Å². The van der Waals surface area contributed by atoms with Crippen molar-refractivity contribution in [2.75, 3.05) is 11.2 Å².